The molecule has 0 saturated carbocycles. The van der Waals surface area contributed by atoms with Crippen LogP contribution in [0.3, 0.4) is 0 Å². The fourth-order valence-electron chi connectivity index (χ4n) is 1.49. The van der Waals surface area contributed by atoms with Gasteiger partial charge in [0.25, 0.3) is 0 Å². The summed E-state index contributed by atoms with van der Waals surface area (Å²) in [5.74, 6) is -0.190. The van der Waals surface area contributed by atoms with Gasteiger partial charge in [-0.15, -0.1) is 0 Å². The van der Waals surface area contributed by atoms with E-state index in [-0.39, 0.29) is 5.82 Å². The zero-order chi connectivity index (χ0) is 13.0. The summed E-state index contributed by atoms with van der Waals surface area (Å²) in [6.45, 7) is 0.362. The fraction of sp³-hybridized carbons (Fsp3) is 0.154. The van der Waals surface area contributed by atoms with Crippen molar-refractivity contribution in [2.75, 3.05) is 12.4 Å². The second kappa shape index (κ2) is 5.35. The van der Waals surface area contributed by atoms with Crippen LogP contribution in [0.4, 0.5) is 10.1 Å². The second-order valence-corrected chi connectivity index (χ2v) is 3.66. The van der Waals surface area contributed by atoms with E-state index in [1.165, 1.54) is 25.5 Å². The van der Waals surface area contributed by atoms with E-state index in [9.17, 15) is 9.18 Å². The Morgan fingerprint density at radius 1 is 1.44 bits per heavy atom. The first-order chi connectivity index (χ1) is 8.69. The number of carbonyl (C=O) groups is 1. The molecule has 5 heteroatoms. The Labute approximate surface area is 103 Å². The maximum Gasteiger partial charge on any atom is 0.341 e. The summed E-state index contributed by atoms with van der Waals surface area (Å²) in [6.07, 6.45) is 1.33. The largest absolute Gasteiger partial charge is 0.467 e. The van der Waals surface area contributed by atoms with Crippen molar-refractivity contribution in [3.05, 3.63) is 53.7 Å². The first kappa shape index (κ1) is 12.2. The van der Waals surface area contributed by atoms with Crippen LogP contribution in [0.1, 0.15) is 16.1 Å². The number of methoxy groups -OCH3 is 1. The van der Waals surface area contributed by atoms with Gasteiger partial charge in [-0.25, -0.2) is 9.18 Å². The van der Waals surface area contributed by atoms with Crippen molar-refractivity contribution in [2.45, 2.75) is 6.54 Å². The smallest absolute Gasteiger partial charge is 0.341 e. The van der Waals surface area contributed by atoms with Crippen LogP contribution in [0.5, 0.6) is 0 Å². The number of furan rings is 1. The number of nitrogens with one attached hydrogen (secondary N) is 1. The molecule has 2 rings (SSSR count). The SMILES string of the molecule is COC(=O)c1coc(CNc2cccc(F)c2)c1. The van der Waals surface area contributed by atoms with Gasteiger partial charge in [-0.05, 0) is 24.3 Å². The number of hydrogen-bond donors (Lipinski definition) is 1. The number of anilines is 1. The minimum atomic E-state index is -0.448. The highest BCUT2D eigenvalue weighted by molar-refractivity contribution is 5.88. The van der Waals surface area contributed by atoms with Crippen LogP contribution in [0.15, 0.2) is 41.0 Å². The number of carbonyl (C=O) groups excluding carboxylic acids is 1. The summed E-state index contributed by atoms with van der Waals surface area (Å²) in [7, 11) is 1.31. The molecule has 0 aliphatic rings. The zero-order valence-corrected chi connectivity index (χ0v) is 9.77. The highest BCUT2D eigenvalue weighted by atomic mass is 19.1. The van der Waals surface area contributed by atoms with Gasteiger partial charge in [0.15, 0.2) is 0 Å². The minimum absolute atomic E-state index is 0.310. The molecule has 2 aromatic rings. The van der Waals surface area contributed by atoms with Crippen LogP contribution in [-0.2, 0) is 11.3 Å². The molecule has 0 spiro atoms. The Hall–Kier alpha value is -2.30. The molecule has 1 aromatic carbocycles. The quantitative estimate of drug-likeness (QED) is 0.846. The summed E-state index contributed by atoms with van der Waals surface area (Å²) in [5.41, 5.74) is 1.000. The number of benzene rings is 1. The number of ether oxygens (including phenoxy) is 1. The third kappa shape index (κ3) is 2.88. The molecule has 0 saturated heterocycles. The van der Waals surface area contributed by atoms with Gasteiger partial charge in [0, 0.05) is 5.69 Å². The van der Waals surface area contributed by atoms with Crippen LogP contribution in [-0.4, -0.2) is 13.1 Å². The van der Waals surface area contributed by atoms with Gasteiger partial charge in [0.1, 0.15) is 17.8 Å². The average Bonchev–Trinajstić information content (AvgIpc) is 2.84. The molecule has 0 aliphatic carbocycles. The molecular weight excluding hydrogens is 237 g/mol. The van der Waals surface area contributed by atoms with Crippen LogP contribution in [0.25, 0.3) is 0 Å². The maximum absolute atomic E-state index is 12.9. The Balaban J connectivity index is 1.98. The van der Waals surface area contributed by atoms with Gasteiger partial charge in [-0.3, -0.25) is 0 Å². The molecule has 0 fully saturated rings. The predicted octanol–water partition coefficient (Wildman–Crippen LogP) is 2.82. The molecule has 0 bridgehead atoms. The third-order valence-corrected chi connectivity index (χ3v) is 2.37. The van der Waals surface area contributed by atoms with Gasteiger partial charge < -0.3 is 14.5 Å². The van der Waals surface area contributed by atoms with Crippen molar-refractivity contribution in [3.8, 4) is 0 Å². The first-order valence-corrected chi connectivity index (χ1v) is 5.34. The minimum Gasteiger partial charge on any atom is -0.467 e. The summed E-state index contributed by atoms with van der Waals surface area (Å²) < 4.78 is 22.7. The molecule has 0 unspecified atom stereocenters. The molecule has 0 amide bonds. The van der Waals surface area contributed by atoms with Gasteiger partial charge in [0.2, 0.25) is 0 Å². The van der Waals surface area contributed by atoms with Crippen molar-refractivity contribution in [2.24, 2.45) is 0 Å². The lowest BCUT2D eigenvalue weighted by Crippen LogP contribution is -2.00. The van der Waals surface area contributed by atoms with Crippen molar-refractivity contribution in [1.82, 2.24) is 0 Å². The predicted molar refractivity (Wildman–Crippen MR) is 63.8 cm³/mol. The highest BCUT2D eigenvalue weighted by Gasteiger charge is 2.09. The van der Waals surface area contributed by atoms with Crippen molar-refractivity contribution < 1.29 is 18.3 Å². The lowest BCUT2D eigenvalue weighted by Gasteiger charge is -2.03. The summed E-state index contributed by atoms with van der Waals surface area (Å²) in [6, 6.07) is 7.68. The van der Waals surface area contributed by atoms with E-state index < -0.39 is 5.97 Å². The number of halogens is 1. The van der Waals surface area contributed by atoms with E-state index in [0.29, 0.717) is 23.6 Å². The van der Waals surface area contributed by atoms with Gasteiger partial charge >= 0.3 is 5.97 Å². The van der Waals surface area contributed by atoms with E-state index in [1.54, 1.807) is 18.2 Å². The monoisotopic (exact) mass is 249 g/mol. The molecule has 0 atom stereocenters. The summed E-state index contributed by atoms with van der Waals surface area (Å²) >= 11 is 0. The summed E-state index contributed by atoms with van der Waals surface area (Å²) in [5, 5.41) is 2.99. The highest BCUT2D eigenvalue weighted by Crippen LogP contribution is 2.13. The van der Waals surface area contributed by atoms with Crippen LogP contribution < -0.4 is 5.32 Å². The molecule has 1 N–H and O–H groups in total. The van der Waals surface area contributed by atoms with Gasteiger partial charge in [-0.1, -0.05) is 6.07 Å². The Bertz CT molecular complexity index is 551. The Morgan fingerprint density at radius 2 is 2.28 bits per heavy atom. The molecule has 1 heterocycles. The second-order valence-electron chi connectivity index (χ2n) is 3.66. The number of hydrogen-bond acceptors (Lipinski definition) is 4. The van der Waals surface area contributed by atoms with E-state index in [1.807, 2.05) is 0 Å². The standard InChI is InChI=1S/C13H12FNO3/c1-17-13(16)9-5-12(18-8-9)7-15-11-4-2-3-10(14)6-11/h2-6,8,15H,7H2,1H3. The van der Waals surface area contributed by atoms with Crippen molar-refractivity contribution >= 4 is 11.7 Å². The molecule has 94 valence electrons. The fourth-order valence-corrected chi connectivity index (χ4v) is 1.49. The molecular formula is C13H12FNO3. The number of rotatable bonds is 4. The molecule has 0 radical (unpaired) electrons. The van der Waals surface area contributed by atoms with Gasteiger partial charge in [0.05, 0.1) is 19.2 Å². The van der Waals surface area contributed by atoms with E-state index >= 15 is 0 Å². The Kier molecular flexibility index (Phi) is 3.62. The number of esters is 1. The van der Waals surface area contributed by atoms with Crippen LogP contribution >= 0.6 is 0 Å². The van der Waals surface area contributed by atoms with E-state index in [4.69, 9.17) is 4.42 Å². The topological polar surface area (TPSA) is 51.5 Å². The lowest BCUT2D eigenvalue weighted by atomic mass is 10.3. The molecule has 1 aromatic heterocycles. The maximum atomic E-state index is 12.9. The molecule has 4 nitrogen and oxygen atoms in total. The lowest BCUT2D eigenvalue weighted by molar-refractivity contribution is 0.0600. The normalized spacial score (nSPS) is 10.1. The van der Waals surface area contributed by atoms with E-state index in [2.05, 4.69) is 10.1 Å². The van der Waals surface area contributed by atoms with Crippen molar-refractivity contribution in [1.29, 1.82) is 0 Å². The molecule has 18 heavy (non-hydrogen) atoms. The Morgan fingerprint density at radius 3 is 3.00 bits per heavy atom. The van der Waals surface area contributed by atoms with Crippen molar-refractivity contribution in [3.63, 3.8) is 0 Å². The molecule has 0 aliphatic heterocycles. The van der Waals surface area contributed by atoms with E-state index in [0.717, 1.165) is 0 Å². The van der Waals surface area contributed by atoms with Gasteiger partial charge in [-0.2, -0.15) is 0 Å². The average molecular weight is 249 g/mol. The zero-order valence-electron chi connectivity index (χ0n) is 9.77. The summed E-state index contributed by atoms with van der Waals surface area (Å²) in [4.78, 5) is 11.2. The third-order valence-electron chi connectivity index (χ3n) is 2.37. The van der Waals surface area contributed by atoms with Crippen LogP contribution in [0.2, 0.25) is 0 Å². The van der Waals surface area contributed by atoms with Crippen LogP contribution in [0, 0.1) is 5.82 Å². The first-order valence-electron chi connectivity index (χ1n) is 5.34.